The first-order valence-electron chi connectivity index (χ1n) is 5.62. The van der Waals surface area contributed by atoms with Crippen LogP contribution in [-0.2, 0) is 14.4 Å². The van der Waals surface area contributed by atoms with Crippen molar-refractivity contribution in [1.82, 2.24) is 15.5 Å². The van der Waals surface area contributed by atoms with Gasteiger partial charge in [-0.1, -0.05) is 0 Å². The Kier molecular flexibility index (Phi) is 4.67. The maximum atomic E-state index is 11.8. The van der Waals surface area contributed by atoms with Crippen LogP contribution in [0.15, 0.2) is 0 Å². The molecular weight excluding hydrogens is 258 g/mol. The number of carboxylic acid groups (broad SMARTS) is 2. The molecule has 1 unspecified atom stereocenters. The highest BCUT2D eigenvalue weighted by Gasteiger charge is 2.32. The largest absolute Gasteiger partial charge is 0.481 e. The molecule has 0 spiro atoms. The lowest BCUT2D eigenvalue weighted by Crippen LogP contribution is -2.60. The van der Waals surface area contributed by atoms with Gasteiger partial charge in [-0.15, -0.1) is 0 Å². The Bertz CT molecular complexity index is 410. The number of aliphatic carboxylic acids is 2. The number of urea groups is 1. The molecule has 0 saturated carbocycles. The topological polar surface area (TPSA) is 136 Å². The van der Waals surface area contributed by atoms with Crippen LogP contribution in [0.5, 0.6) is 0 Å². The number of hydrogen-bond donors (Lipinski definition) is 4. The lowest BCUT2D eigenvalue weighted by Gasteiger charge is -2.33. The van der Waals surface area contributed by atoms with Crippen LogP contribution >= 0.6 is 0 Å². The molecule has 0 aliphatic carbocycles. The number of nitrogens with zero attached hydrogens (tertiary/aromatic N) is 1. The molecule has 0 aromatic heterocycles. The Balaban J connectivity index is 2.68. The fourth-order valence-electron chi connectivity index (χ4n) is 1.67. The molecule has 1 heterocycles. The third-order valence-corrected chi connectivity index (χ3v) is 2.73. The van der Waals surface area contributed by atoms with Crippen LogP contribution < -0.4 is 10.6 Å². The Morgan fingerprint density at radius 1 is 1.47 bits per heavy atom. The zero-order chi connectivity index (χ0) is 14.6. The van der Waals surface area contributed by atoms with Crippen LogP contribution in [0.25, 0.3) is 0 Å². The Hall–Kier alpha value is -2.32. The first kappa shape index (κ1) is 14.7. The summed E-state index contributed by atoms with van der Waals surface area (Å²) in [6.07, 6.45) is -0.727. The van der Waals surface area contributed by atoms with Gasteiger partial charge in [0.1, 0.15) is 12.1 Å². The van der Waals surface area contributed by atoms with Crippen LogP contribution in [0.4, 0.5) is 4.79 Å². The normalized spacial score (nSPS) is 20.4. The summed E-state index contributed by atoms with van der Waals surface area (Å²) in [5, 5.41) is 22.0. The molecule has 0 radical (unpaired) electrons. The number of hydrogen-bond acceptors (Lipinski definition) is 4. The summed E-state index contributed by atoms with van der Waals surface area (Å²) in [5.41, 5.74) is 0. The van der Waals surface area contributed by atoms with E-state index in [2.05, 4.69) is 10.6 Å². The fraction of sp³-hybridized carbons (Fsp3) is 0.600. The minimum Gasteiger partial charge on any atom is -0.481 e. The molecule has 9 heteroatoms. The van der Waals surface area contributed by atoms with Gasteiger partial charge >= 0.3 is 18.0 Å². The predicted molar refractivity (Wildman–Crippen MR) is 61.4 cm³/mol. The van der Waals surface area contributed by atoms with E-state index in [9.17, 15) is 19.2 Å². The molecule has 19 heavy (non-hydrogen) atoms. The smallest absolute Gasteiger partial charge is 0.326 e. The second-order valence-electron chi connectivity index (χ2n) is 4.10. The molecule has 1 rings (SSSR count). The molecule has 0 bridgehead atoms. The first-order valence-corrected chi connectivity index (χ1v) is 5.62. The molecule has 106 valence electrons. The van der Waals surface area contributed by atoms with Crippen LogP contribution in [0, 0.1) is 0 Å². The van der Waals surface area contributed by atoms with E-state index in [1.54, 1.807) is 0 Å². The van der Waals surface area contributed by atoms with E-state index in [0.29, 0.717) is 0 Å². The van der Waals surface area contributed by atoms with E-state index < -0.39 is 36.5 Å². The van der Waals surface area contributed by atoms with Crippen molar-refractivity contribution in [1.29, 1.82) is 0 Å². The predicted octanol–water partition coefficient (Wildman–Crippen LogP) is -1.56. The van der Waals surface area contributed by atoms with Crippen molar-refractivity contribution < 1.29 is 29.4 Å². The zero-order valence-electron chi connectivity index (χ0n) is 10.3. The highest BCUT2D eigenvalue weighted by Crippen LogP contribution is 2.05. The SMILES string of the molecule is CC1C(=O)NCCN1C(=O)N[C@H](CC(=O)O)C(=O)O. The van der Waals surface area contributed by atoms with E-state index >= 15 is 0 Å². The van der Waals surface area contributed by atoms with Crippen molar-refractivity contribution in [3.63, 3.8) is 0 Å². The maximum Gasteiger partial charge on any atom is 0.326 e. The van der Waals surface area contributed by atoms with Crippen molar-refractivity contribution in [2.45, 2.75) is 25.4 Å². The van der Waals surface area contributed by atoms with Gasteiger partial charge in [-0.05, 0) is 6.92 Å². The monoisotopic (exact) mass is 273 g/mol. The number of carbonyl (C=O) groups excluding carboxylic acids is 2. The molecule has 1 aliphatic rings. The van der Waals surface area contributed by atoms with E-state index in [-0.39, 0.29) is 19.0 Å². The number of amides is 3. The maximum absolute atomic E-state index is 11.8. The summed E-state index contributed by atoms with van der Waals surface area (Å²) in [4.78, 5) is 45.7. The van der Waals surface area contributed by atoms with Crippen molar-refractivity contribution in [2.24, 2.45) is 0 Å². The van der Waals surface area contributed by atoms with E-state index in [1.807, 2.05) is 0 Å². The van der Waals surface area contributed by atoms with Crippen molar-refractivity contribution in [2.75, 3.05) is 13.1 Å². The van der Waals surface area contributed by atoms with Crippen LogP contribution in [0.2, 0.25) is 0 Å². The number of rotatable bonds is 4. The van der Waals surface area contributed by atoms with Gasteiger partial charge in [0.25, 0.3) is 0 Å². The first-order chi connectivity index (χ1) is 8.82. The van der Waals surface area contributed by atoms with Gasteiger partial charge in [0, 0.05) is 13.1 Å². The minimum atomic E-state index is -1.53. The highest BCUT2D eigenvalue weighted by atomic mass is 16.4. The summed E-state index contributed by atoms with van der Waals surface area (Å²) in [6, 6.07) is -3.02. The molecule has 0 aromatic carbocycles. The second-order valence-corrected chi connectivity index (χ2v) is 4.10. The van der Waals surface area contributed by atoms with Crippen molar-refractivity contribution >= 4 is 23.9 Å². The number of piperazine rings is 1. The van der Waals surface area contributed by atoms with E-state index in [4.69, 9.17) is 10.2 Å². The Labute approximate surface area is 108 Å². The third-order valence-electron chi connectivity index (χ3n) is 2.73. The quantitative estimate of drug-likeness (QED) is 0.489. The van der Waals surface area contributed by atoms with E-state index in [1.165, 1.54) is 6.92 Å². The lowest BCUT2D eigenvalue weighted by molar-refractivity contribution is -0.145. The van der Waals surface area contributed by atoms with Crippen LogP contribution in [-0.4, -0.2) is 64.2 Å². The van der Waals surface area contributed by atoms with Gasteiger partial charge in [0.05, 0.1) is 6.42 Å². The molecule has 3 amide bonds. The number of carbonyl (C=O) groups is 4. The van der Waals surface area contributed by atoms with Gasteiger partial charge in [0.2, 0.25) is 5.91 Å². The molecule has 2 atom stereocenters. The Morgan fingerprint density at radius 3 is 2.63 bits per heavy atom. The molecule has 1 saturated heterocycles. The number of nitrogens with one attached hydrogen (secondary N) is 2. The van der Waals surface area contributed by atoms with Gasteiger partial charge in [-0.3, -0.25) is 9.59 Å². The van der Waals surface area contributed by atoms with Gasteiger partial charge < -0.3 is 25.7 Å². The summed E-state index contributed by atoms with van der Waals surface area (Å²) in [7, 11) is 0. The van der Waals surface area contributed by atoms with Gasteiger partial charge in [-0.2, -0.15) is 0 Å². The van der Waals surface area contributed by atoms with Crippen molar-refractivity contribution in [3.05, 3.63) is 0 Å². The zero-order valence-corrected chi connectivity index (χ0v) is 10.3. The second kappa shape index (κ2) is 6.03. The average Bonchev–Trinajstić information content (AvgIpc) is 2.31. The van der Waals surface area contributed by atoms with Gasteiger partial charge in [-0.25, -0.2) is 9.59 Å². The minimum absolute atomic E-state index is 0.234. The summed E-state index contributed by atoms with van der Waals surface area (Å²) in [6.45, 7) is 2.01. The lowest BCUT2D eigenvalue weighted by atomic mass is 10.2. The highest BCUT2D eigenvalue weighted by molar-refractivity contribution is 5.90. The molecule has 9 nitrogen and oxygen atoms in total. The van der Waals surface area contributed by atoms with E-state index in [0.717, 1.165) is 4.90 Å². The third kappa shape index (κ3) is 3.83. The molecule has 1 fully saturated rings. The van der Waals surface area contributed by atoms with Crippen LogP contribution in [0.3, 0.4) is 0 Å². The molecule has 4 N–H and O–H groups in total. The fourth-order valence-corrected chi connectivity index (χ4v) is 1.67. The van der Waals surface area contributed by atoms with Crippen LogP contribution in [0.1, 0.15) is 13.3 Å². The van der Waals surface area contributed by atoms with Crippen molar-refractivity contribution in [3.8, 4) is 0 Å². The molecular formula is C10H15N3O6. The summed E-state index contributed by atoms with van der Waals surface area (Å²) >= 11 is 0. The molecule has 0 aromatic rings. The van der Waals surface area contributed by atoms with Gasteiger partial charge in [0.15, 0.2) is 0 Å². The summed E-state index contributed by atoms with van der Waals surface area (Å²) in [5.74, 6) is -3.12. The Morgan fingerprint density at radius 2 is 2.11 bits per heavy atom. The molecule has 1 aliphatic heterocycles. The number of carboxylic acids is 2. The standard InChI is InChI=1S/C10H15N3O6/c1-5-8(16)11-2-3-13(5)10(19)12-6(9(17)18)4-7(14)15/h5-6H,2-4H2,1H3,(H,11,16)(H,12,19)(H,14,15)(H,17,18)/t5?,6-/m1/s1. The summed E-state index contributed by atoms with van der Waals surface area (Å²) < 4.78 is 0. The average molecular weight is 273 g/mol.